The third-order valence-corrected chi connectivity index (χ3v) is 3.81. The normalized spacial score (nSPS) is 18.6. The van der Waals surface area contributed by atoms with Crippen molar-refractivity contribution < 1.29 is 0 Å². The summed E-state index contributed by atoms with van der Waals surface area (Å²) in [5.41, 5.74) is 4.84. The van der Waals surface area contributed by atoms with Gasteiger partial charge in [-0.3, -0.25) is 0 Å². The van der Waals surface area contributed by atoms with Crippen molar-refractivity contribution in [3.05, 3.63) is 70.8 Å². The topological polar surface area (TPSA) is 27.0 Å². The fourth-order valence-electron chi connectivity index (χ4n) is 2.86. The van der Waals surface area contributed by atoms with Crippen molar-refractivity contribution in [3.8, 4) is 6.07 Å². The second kappa shape index (κ2) is 4.87. The van der Waals surface area contributed by atoms with Crippen molar-refractivity contribution in [2.45, 2.75) is 12.5 Å². The molecule has 0 aromatic heterocycles. The summed E-state index contributed by atoms with van der Waals surface area (Å²) >= 11 is 0. The molecule has 2 heteroatoms. The molecule has 0 fully saturated rings. The Morgan fingerprint density at radius 3 is 2.58 bits per heavy atom. The Morgan fingerprint density at radius 1 is 1.11 bits per heavy atom. The first-order chi connectivity index (χ1) is 9.28. The highest BCUT2D eigenvalue weighted by Crippen LogP contribution is 2.32. The van der Waals surface area contributed by atoms with E-state index in [9.17, 15) is 0 Å². The minimum Gasteiger partial charge on any atom is -0.301 e. The monoisotopic (exact) mass is 248 g/mol. The number of nitrogens with zero attached hydrogens (tertiary/aromatic N) is 2. The summed E-state index contributed by atoms with van der Waals surface area (Å²) < 4.78 is 0. The molecule has 2 nitrogen and oxygen atoms in total. The second-order valence-corrected chi connectivity index (χ2v) is 5.18. The van der Waals surface area contributed by atoms with Gasteiger partial charge in [-0.2, -0.15) is 5.26 Å². The fourth-order valence-corrected chi connectivity index (χ4v) is 2.86. The molecule has 1 atom stereocenters. The van der Waals surface area contributed by atoms with Gasteiger partial charge in [-0.15, -0.1) is 0 Å². The van der Waals surface area contributed by atoms with Crippen LogP contribution in [0.2, 0.25) is 0 Å². The van der Waals surface area contributed by atoms with Gasteiger partial charge in [-0.05, 0) is 35.9 Å². The van der Waals surface area contributed by atoms with Crippen molar-refractivity contribution in [2.24, 2.45) is 0 Å². The highest BCUT2D eigenvalue weighted by atomic mass is 15.1. The molecule has 1 heterocycles. The predicted octanol–water partition coefficient (Wildman–Crippen LogP) is 3.14. The molecule has 1 aliphatic rings. The molecule has 2 aromatic carbocycles. The van der Waals surface area contributed by atoms with Crippen LogP contribution in [0.25, 0.3) is 0 Å². The molecule has 0 saturated heterocycles. The Balaban J connectivity index is 2.02. The summed E-state index contributed by atoms with van der Waals surface area (Å²) in [7, 11) is 2.16. The summed E-state index contributed by atoms with van der Waals surface area (Å²) in [6.07, 6.45) is 0. The van der Waals surface area contributed by atoms with Gasteiger partial charge < -0.3 is 4.90 Å². The first-order valence-electron chi connectivity index (χ1n) is 6.54. The Morgan fingerprint density at radius 2 is 1.84 bits per heavy atom. The van der Waals surface area contributed by atoms with Crippen LogP contribution in [0, 0.1) is 11.3 Å². The van der Waals surface area contributed by atoms with E-state index < -0.39 is 0 Å². The average molecular weight is 248 g/mol. The fraction of sp³-hybridized carbons (Fsp3) is 0.235. The maximum absolute atomic E-state index is 8.88. The van der Waals surface area contributed by atoms with E-state index >= 15 is 0 Å². The van der Waals surface area contributed by atoms with Crippen molar-refractivity contribution >= 4 is 0 Å². The van der Waals surface area contributed by atoms with Gasteiger partial charge in [0.25, 0.3) is 0 Å². The van der Waals surface area contributed by atoms with Crippen LogP contribution >= 0.6 is 0 Å². The molecule has 0 amide bonds. The van der Waals surface area contributed by atoms with E-state index in [1.165, 1.54) is 16.7 Å². The molecule has 1 unspecified atom stereocenters. The van der Waals surface area contributed by atoms with Crippen LogP contribution in [0.3, 0.4) is 0 Å². The highest BCUT2D eigenvalue weighted by Gasteiger charge is 2.24. The lowest BCUT2D eigenvalue weighted by atomic mass is 9.84. The zero-order valence-corrected chi connectivity index (χ0v) is 11.0. The van der Waals surface area contributed by atoms with Gasteiger partial charge in [0.2, 0.25) is 0 Å². The number of fused-ring (bicyclic) bond motifs is 1. The lowest BCUT2D eigenvalue weighted by Gasteiger charge is -2.32. The summed E-state index contributed by atoms with van der Waals surface area (Å²) in [5.74, 6) is 0.405. The number of nitriles is 1. The van der Waals surface area contributed by atoms with E-state index in [0.717, 1.165) is 18.7 Å². The standard InChI is InChI=1S/C17H16N2/c1-19-11-15-4-2-3-5-16(15)17(12-19)14-8-6-13(10-18)7-9-14/h2-9,17H,11-12H2,1H3. The zero-order valence-electron chi connectivity index (χ0n) is 11.0. The van der Waals surface area contributed by atoms with E-state index in [2.05, 4.69) is 54.4 Å². The lowest BCUT2D eigenvalue weighted by molar-refractivity contribution is 0.295. The largest absolute Gasteiger partial charge is 0.301 e. The Kier molecular flexibility index (Phi) is 3.06. The molecule has 1 aliphatic heterocycles. The van der Waals surface area contributed by atoms with E-state index in [1.54, 1.807) is 0 Å². The van der Waals surface area contributed by atoms with Crippen LogP contribution in [0.4, 0.5) is 0 Å². The van der Waals surface area contributed by atoms with E-state index in [1.807, 2.05) is 12.1 Å². The van der Waals surface area contributed by atoms with Gasteiger partial charge in [0.05, 0.1) is 11.6 Å². The number of benzene rings is 2. The molecule has 0 radical (unpaired) electrons. The molecule has 3 rings (SSSR count). The van der Waals surface area contributed by atoms with Crippen LogP contribution in [0.15, 0.2) is 48.5 Å². The van der Waals surface area contributed by atoms with Gasteiger partial charge in [0.15, 0.2) is 0 Å². The first kappa shape index (κ1) is 12.0. The number of rotatable bonds is 1. The lowest BCUT2D eigenvalue weighted by Crippen LogP contribution is -2.30. The maximum Gasteiger partial charge on any atom is 0.0991 e. The molecule has 0 saturated carbocycles. The van der Waals surface area contributed by atoms with Crippen LogP contribution in [-0.2, 0) is 6.54 Å². The minimum absolute atomic E-state index is 0.405. The Hall–Kier alpha value is -2.11. The van der Waals surface area contributed by atoms with Gasteiger partial charge in [0, 0.05) is 19.0 Å². The molecule has 0 N–H and O–H groups in total. The van der Waals surface area contributed by atoms with E-state index in [-0.39, 0.29) is 0 Å². The van der Waals surface area contributed by atoms with Crippen LogP contribution in [-0.4, -0.2) is 18.5 Å². The summed E-state index contributed by atoms with van der Waals surface area (Å²) in [6, 6.07) is 18.8. The molecule has 0 aliphatic carbocycles. The van der Waals surface area contributed by atoms with Crippen molar-refractivity contribution in [2.75, 3.05) is 13.6 Å². The van der Waals surface area contributed by atoms with Gasteiger partial charge >= 0.3 is 0 Å². The Bertz CT molecular complexity index is 622. The maximum atomic E-state index is 8.88. The zero-order chi connectivity index (χ0) is 13.2. The minimum atomic E-state index is 0.405. The molecule has 19 heavy (non-hydrogen) atoms. The SMILES string of the molecule is CN1Cc2ccccc2C(c2ccc(C#N)cc2)C1. The third kappa shape index (κ3) is 2.25. The van der Waals surface area contributed by atoms with Crippen molar-refractivity contribution in [3.63, 3.8) is 0 Å². The summed E-state index contributed by atoms with van der Waals surface area (Å²) in [4.78, 5) is 2.35. The number of hydrogen-bond acceptors (Lipinski definition) is 2. The summed E-state index contributed by atoms with van der Waals surface area (Å²) in [6.45, 7) is 2.05. The van der Waals surface area contributed by atoms with E-state index in [0.29, 0.717) is 5.92 Å². The van der Waals surface area contributed by atoms with Crippen molar-refractivity contribution in [1.82, 2.24) is 4.90 Å². The molecule has 0 bridgehead atoms. The molecule has 2 aromatic rings. The quantitative estimate of drug-likeness (QED) is 0.775. The van der Waals surface area contributed by atoms with Crippen LogP contribution in [0.5, 0.6) is 0 Å². The number of likely N-dealkylation sites (N-methyl/N-ethyl adjacent to an activating group) is 1. The van der Waals surface area contributed by atoms with Gasteiger partial charge in [-0.1, -0.05) is 36.4 Å². The van der Waals surface area contributed by atoms with Crippen molar-refractivity contribution in [1.29, 1.82) is 5.26 Å². The molecule has 94 valence electrons. The number of hydrogen-bond donors (Lipinski definition) is 0. The van der Waals surface area contributed by atoms with E-state index in [4.69, 9.17) is 5.26 Å². The van der Waals surface area contributed by atoms with Gasteiger partial charge in [-0.25, -0.2) is 0 Å². The van der Waals surface area contributed by atoms with Crippen LogP contribution in [0.1, 0.15) is 28.2 Å². The predicted molar refractivity (Wildman–Crippen MR) is 75.8 cm³/mol. The molecular formula is C17H16N2. The first-order valence-corrected chi connectivity index (χ1v) is 6.54. The third-order valence-electron chi connectivity index (χ3n) is 3.81. The average Bonchev–Trinajstić information content (AvgIpc) is 2.46. The molecular weight excluding hydrogens is 232 g/mol. The van der Waals surface area contributed by atoms with Crippen LogP contribution < -0.4 is 0 Å². The molecule has 0 spiro atoms. The van der Waals surface area contributed by atoms with Gasteiger partial charge in [0.1, 0.15) is 0 Å². The Labute approximate surface area is 113 Å². The smallest absolute Gasteiger partial charge is 0.0991 e. The summed E-state index contributed by atoms with van der Waals surface area (Å²) in [5, 5.41) is 8.88. The second-order valence-electron chi connectivity index (χ2n) is 5.18. The highest BCUT2D eigenvalue weighted by molar-refractivity contribution is 5.42.